The van der Waals surface area contributed by atoms with Crippen LogP contribution in [-0.2, 0) is 17.6 Å². The van der Waals surface area contributed by atoms with Crippen molar-refractivity contribution in [2.45, 2.75) is 50.2 Å². The number of aliphatic hydroxyl groups excluding tert-OH is 3. The lowest BCUT2D eigenvalue weighted by Gasteiger charge is -2.21. The van der Waals surface area contributed by atoms with E-state index in [1.807, 2.05) is 0 Å². The molecule has 6 heteroatoms. The molecule has 0 saturated carbocycles. The molecular formula is C12H18N2O4. The van der Waals surface area contributed by atoms with Crippen LogP contribution >= 0.6 is 0 Å². The predicted octanol–water partition coefficient (Wildman–Crippen LogP) is -0.627. The number of nitrogens with zero attached hydrogens (tertiary/aromatic N) is 2. The highest BCUT2D eigenvalue weighted by Crippen LogP contribution is 2.32. The maximum atomic E-state index is 10.00. The van der Waals surface area contributed by atoms with E-state index < -0.39 is 24.5 Å². The fourth-order valence-electron chi connectivity index (χ4n) is 2.82. The molecule has 0 spiro atoms. The van der Waals surface area contributed by atoms with E-state index >= 15 is 0 Å². The summed E-state index contributed by atoms with van der Waals surface area (Å²) in [4.78, 5) is 4.34. The number of hydrogen-bond donors (Lipinski definition) is 3. The van der Waals surface area contributed by atoms with Gasteiger partial charge in [-0.05, 0) is 25.7 Å². The first-order valence-corrected chi connectivity index (χ1v) is 6.39. The highest BCUT2D eigenvalue weighted by atomic mass is 16.6. The first kappa shape index (κ1) is 12.1. The minimum atomic E-state index is -1.05. The molecule has 1 aliphatic carbocycles. The maximum Gasteiger partial charge on any atom is 0.164 e. The van der Waals surface area contributed by atoms with Gasteiger partial charge in [-0.3, -0.25) is 0 Å². The molecule has 0 bridgehead atoms. The second-order valence-electron chi connectivity index (χ2n) is 4.98. The van der Waals surface area contributed by atoms with Crippen molar-refractivity contribution >= 4 is 0 Å². The lowest BCUT2D eigenvalue weighted by molar-refractivity contribution is -0.0540. The van der Waals surface area contributed by atoms with Crippen LogP contribution in [0.1, 0.15) is 30.5 Å². The summed E-state index contributed by atoms with van der Waals surface area (Å²) in [5, 5.41) is 28.8. The van der Waals surface area contributed by atoms with Gasteiger partial charge in [0.05, 0.1) is 18.6 Å². The molecular weight excluding hydrogens is 236 g/mol. The van der Waals surface area contributed by atoms with E-state index in [-0.39, 0.29) is 6.61 Å². The smallest absolute Gasteiger partial charge is 0.164 e. The zero-order valence-electron chi connectivity index (χ0n) is 10.1. The van der Waals surface area contributed by atoms with Crippen LogP contribution in [-0.4, -0.2) is 49.8 Å². The second-order valence-corrected chi connectivity index (χ2v) is 4.98. The third kappa shape index (κ3) is 1.76. The average Bonchev–Trinajstić information content (AvgIpc) is 2.93. The van der Waals surface area contributed by atoms with Crippen LogP contribution in [0.2, 0.25) is 0 Å². The topological polar surface area (TPSA) is 87.7 Å². The number of aliphatic hydroxyl groups is 3. The van der Waals surface area contributed by atoms with Gasteiger partial charge in [0.25, 0.3) is 0 Å². The Bertz CT molecular complexity index is 434. The largest absolute Gasteiger partial charge is 0.394 e. The lowest BCUT2D eigenvalue weighted by atomic mass is 10.0. The van der Waals surface area contributed by atoms with Crippen LogP contribution in [0.15, 0.2) is 6.33 Å². The van der Waals surface area contributed by atoms with Gasteiger partial charge in [-0.15, -0.1) is 0 Å². The summed E-state index contributed by atoms with van der Waals surface area (Å²) < 4.78 is 7.32. The van der Waals surface area contributed by atoms with Crippen molar-refractivity contribution in [1.29, 1.82) is 0 Å². The molecule has 1 aromatic heterocycles. The number of aryl methyl sites for hydroxylation is 1. The van der Waals surface area contributed by atoms with E-state index in [9.17, 15) is 10.2 Å². The molecule has 2 aliphatic rings. The third-order valence-corrected chi connectivity index (χ3v) is 3.85. The van der Waals surface area contributed by atoms with E-state index in [1.54, 1.807) is 10.9 Å². The van der Waals surface area contributed by atoms with Crippen LogP contribution in [0.4, 0.5) is 0 Å². The summed E-state index contributed by atoms with van der Waals surface area (Å²) in [6.07, 6.45) is 2.32. The molecule has 0 aromatic carbocycles. The van der Waals surface area contributed by atoms with Crippen LogP contribution in [0.25, 0.3) is 0 Å². The summed E-state index contributed by atoms with van der Waals surface area (Å²) in [6, 6.07) is 0. The van der Waals surface area contributed by atoms with Crippen molar-refractivity contribution < 1.29 is 20.1 Å². The van der Waals surface area contributed by atoms with Crippen molar-refractivity contribution in [3.8, 4) is 0 Å². The Labute approximate surface area is 105 Å². The number of hydrogen-bond acceptors (Lipinski definition) is 5. The van der Waals surface area contributed by atoms with Crippen LogP contribution in [0.3, 0.4) is 0 Å². The molecule has 0 radical (unpaired) electrons. The van der Waals surface area contributed by atoms with Crippen LogP contribution < -0.4 is 0 Å². The fraction of sp³-hybridized carbons (Fsp3) is 0.750. The number of aromatic nitrogens is 2. The average molecular weight is 254 g/mol. The number of fused-ring (bicyclic) bond motifs is 1. The van der Waals surface area contributed by atoms with Gasteiger partial charge in [0.15, 0.2) is 6.23 Å². The zero-order valence-corrected chi connectivity index (χ0v) is 10.1. The van der Waals surface area contributed by atoms with Gasteiger partial charge < -0.3 is 24.6 Å². The fourth-order valence-corrected chi connectivity index (χ4v) is 2.82. The monoisotopic (exact) mass is 254 g/mol. The highest BCUT2D eigenvalue weighted by molar-refractivity contribution is 5.17. The molecule has 2 heterocycles. The van der Waals surface area contributed by atoms with Gasteiger partial charge in [0.2, 0.25) is 0 Å². The summed E-state index contributed by atoms with van der Waals surface area (Å²) in [6.45, 7) is -0.300. The SMILES string of the molecule is OC[C@@H]1O[C@@H](n2cnc3c2CCCC3)[C@@H](O)[C@@H]1O. The van der Waals surface area contributed by atoms with E-state index in [1.165, 1.54) is 0 Å². The first-order chi connectivity index (χ1) is 8.72. The predicted molar refractivity (Wildman–Crippen MR) is 61.9 cm³/mol. The van der Waals surface area contributed by atoms with Crippen LogP contribution in [0.5, 0.6) is 0 Å². The molecule has 18 heavy (non-hydrogen) atoms. The van der Waals surface area contributed by atoms with Gasteiger partial charge in [-0.2, -0.15) is 0 Å². The second kappa shape index (κ2) is 4.62. The molecule has 1 fully saturated rings. The zero-order chi connectivity index (χ0) is 12.7. The minimum absolute atomic E-state index is 0.300. The minimum Gasteiger partial charge on any atom is -0.394 e. The maximum absolute atomic E-state index is 10.00. The van der Waals surface area contributed by atoms with Gasteiger partial charge in [0, 0.05) is 5.69 Å². The summed E-state index contributed by atoms with van der Waals surface area (Å²) in [5.41, 5.74) is 2.13. The van der Waals surface area contributed by atoms with E-state index in [0.717, 1.165) is 37.1 Å². The van der Waals surface area contributed by atoms with Gasteiger partial charge in [0.1, 0.15) is 18.3 Å². The van der Waals surface area contributed by atoms with Crippen LogP contribution in [0, 0.1) is 0 Å². The summed E-state index contributed by atoms with van der Waals surface area (Å²) in [7, 11) is 0. The summed E-state index contributed by atoms with van der Waals surface area (Å²) >= 11 is 0. The van der Waals surface area contributed by atoms with Crippen molar-refractivity contribution in [3.05, 3.63) is 17.7 Å². The van der Waals surface area contributed by atoms with Crippen molar-refractivity contribution in [1.82, 2.24) is 9.55 Å². The van der Waals surface area contributed by atoms with Gasteiger partial charge in [-0.25, -0.2) is 4.98 Å². The standard InChI is InChI=1S/C12H18N2O4/c15-5-9-10(16)11(17)12(18-9)14-6-13-7-3-1-2-4-8(7)14/h6,9-12,15-17H,1-5H2/t9-,10+,11-,12+/m0/s1. The number of imidazole rings is 1. The third-order valence-electron chi connectivity index (χ3n) is 3.85. The highest BCUT2D eigenvalue weighted by Gasteiger charge is 2.44. The number of rotatable bonds is 2. The normalized spacial score (nSPS) is 35.7. The van der Waals surface area contributed by atoms with Crippen molar-refractivity contribution in [3.63, 3.8) is 0 Å². The Kier molecular flexibility index (Phi) is 3.11. The molecule has 0 unspecified atom stereocenters. The number of ether oxygens (including phenoxy) is 1. The summed E-state index contributed by atoms with van der Waals surface area (Å²) in [5.74, 6) is 0. The Morgan fingerprint density at radius 2 is 2.06 bits per heavy atom. The lowest BCUT2D eigenvalue weighted by Crippen LogP contribution is -2.33. The molecule has 6 nitrogen and oxygen atoms in total. The Morgan fingerprint density at radius 1 is 1.28 bits per heavy atom. The Hall–Kier alpha value is -0.950. The molecule has 4 atom stereocenters. The van der Waals surface area contributed by atoms with Gasteiger partial charge >= 0.3 is 0 Å². The quantitative estimate of drug-likeness (QED) is 0.654. The van der Waals surface area contributed by atoms with E-state index in [2.05, 4.69) is 4.98 Å². The molecule has 0 amide bonds. The van der Waals surface area contributed by atoms with Gasteiger partial charge in [-0.1, -0.05) is 0 Å². The molecule has 3 rings (SSSR count). The van der Waals surface area contributed by atoms with Crippen molar-refractivity contribution in [2.75, 3.05) is 6.61 Å². The molecule has 3 N–H and O–H groups in total. The molecule has 100 valence electrons. The Morgan fingerprint density at radius 3 is 2.78 bits per heavy atom. The molecule has 1 aliphatic heterocycles. The first-order valence-electron chi connectivity index (χ1n) is 6.39. The molecule has 1 aromatic rings. The molecule has 1 saturated heterocycles. The van der Waals surface area contributed by atoms with Crippen molar-refractivity contribution in [2.24, 2.45) is 0 Å². The Balaban J connectivity index is 1.89. The van der Waals surface area contributed by atoms with E-state index in [0.29, 0.717) is 0 Å². The van der Waals surface area contributed by atoms with E-state index in [4.69, 9.17) is 9.84 Å².